The Morgan fingerprint density at radius 3 is 2.43 bits per heavy atom. The van der Waals surface area contributed by atoms with E-state index in [0.717, 1.165) is 19.3 Å². The van der Waals surface area contributed by atoms with Gasteiger partial charge >= 0.3 is 0 Å². The highest BCUT2D eigenvalue weighted by molar-refractivity contribution is 7.91. The molecule has 0 N–H and O–H groups in total. The van der Waals surface area contributed by atoms with Gasteiger partial charge in [-0.3, -0.25) is 0 Å². The molecule has 23 heavy (non-hydrogen) atoms. The molecular formula is C20H32O2S. The van der Waals surface area contributed by atoms with Crippen molar-refractivity contribution in [3.8, 4) is 0 Å². The summed E-state index contributed by atoms with van der Waals surface area (Å²) in [6, 6.07) is 4.66. The Balaban J connectivity index is 1.65. The lowest BCUT2D eigenvalue weighted by Gasteiger charge is -2.11. The van der Waals surface area contributed by atoms with Gasteiger partial charge in [0, 0.05) is 0 Å². The summed E-state index contributed by atoms with van der Waals surface area (Å²) in [5.41, 5.74) is 6.23. The first-order chi connectivity index (χ1) is 10.9. The van der Waals surface area contributed by atoms with Gasteiger partial charge in [-0.2, -0.15) is 0 Å². The lowest BCUT2D eigenvalue weighted by Crippen LogP contribution is -2.17. The summed E-state index contributed by atoms with van der Waals surface area (Å²) >= 11 is 0. The second-order valence-electron chi connectivity index (χ2n) is 7.27. The molecule has 1 aromatic carbocycles. The molecule has 0 amide bonds. The molecule has 2 nitrogen and oxygen atoms in total. The topological polar surface area (TPSA) is 34.1 Å². The normalized spacial score (nSPS) is 14.4. The van der Waals surface area contributed by atoms with Crippen LogP contribution in [-0.2, 0) is 29.1 Å². The molecular weight excluding hydrogens is 304 g/mol. The van der Waals surface area contributed by atoms with Crippen molar-refractivity contribution in [1.82, 2.24) is 0 Å². The summed E-state index contributed by atoms with van der Waals surface area (Å²) in [6.45, 7) is 5.83. The van der Waals surface area contributed by atoms with Crippen LogP contribution >= 0.6 is 0 Å². The molecule has 0 radical (unpaired) electrons. The molecule has 130 valence electrons. The maximum atomic E-state index is 11.7. The molecule has 0 aromatic heterocycles. The summed E-state index contributed by atoms with van der Waals surface area (Å²) in [7, 11) is -2.85. The Morgan fingerprint density at radius 1 is 1.00 bits per heavy atom. The van der Waals surface area contributed by atoms with Crippen LogP contribution in [0.15, 0.2) is 12.1 Å². The predicted octanol–water partition coefficient (Wildman–Crippen LogP) is 4.80. The largest absolute Gasteiger partial charge is 0.229 e. The van der Waals surface area contributed by atoms with Crippen molar-refractivity contribution in [2.24, 2.45) is 0 Å². The van der Waals surface area contributed by atoms with Crippen LogP contribution in [0.3, 0.4) is 0 Å². The molecule has 0 fully saturated rings. The number of aryl methyl sites for hydroxylation is 2. The number of unbranched alkanes of at least 4 members (excludes halogenated alkanes) is 4. The van der Waals surface area contributed by atoms with E-state index in [4.69, 9.17) is 0 Å². The second-order valence-corrected chi connectivity index (χ2v) is 9.95. The van der Waals surface area contributed by atoms with E-state index in [1.807, 2.05) is 0 Å². The minimum absolute atomic E-state index is 0.231. The Kier molecular flexibility index (Phi) is 6.70. The van der Waals surface area contributed by atoms with Gasteiger partial charge in [-0.05, 0) is 81.5 Å². The smallest absolute Gasteiger partial charge is 0.152 e. The van der Waals surface area contributed by atoms with E-state index in [1.54, 1.807) is 25.0 Å². The first kappa shape index (κ1) is 18.5. The Morgan fingerprint density at radius 2 is 1.70 bits per heavy atom. The van der Waals surface area contributed by atoms with Crippen LogP contribution in [0.25, 0.3) is 0 Å². The molecule has 3 heteroatoms. The molecule has 1 aromatic rings. The third kappa shape index (κ3) is 5.07. The molecule has 0 bridgehead atoms. The van der Waals surface area contributed by atoms with Gasteiger partial charge in [0.25, 0.3) is 0 Å². The monoisotopic (exact) mass is 336 g/mol. The van der Waals surface area contributed by atoms with Crippen LogP contribution in [0, 0.1) is 6.92 Å². The average Bonchev–Trinajstić information content (AvgIpc) is 2.97. The van der Waals surface area contributed by atoms with E-state index in [0.29, 0.717) is 5.75 Å². The van der Waals surface area contributed by atoms with Crippen LogP contribution in [0.1, 0.15) is 74.6 Å². The molecule has 0 saturated heterocycles. The lowest BCUT2D eigenvalue weighted by atomic mass is 9.95. The van der Waals surface area contributed by atoms with Gasteiger partial charge in [0.2, 0.25) is 0 Å². The zero-order chi connectivity index (χ0) is 16.9. The molecule has 0 saturated carbocycles. The summed E-state index contributed by atoms with van der Waals surface area (Å²) in [4.78, 5) is 0. The summed E-state index contributed by atoms with van der Waals surface area (Å²) in [5, 5.41) is -0.231. The SMILES string of the molecule is Cc1c(CCCCCCCS(=O)(=O)C(C)C)ccc2c1CCC2. The van der Waals surface area contributed by atoms with Gasteiger partial charge in [0.15, 0.2) is 9.84 Å². The van der Waals surface area contributed by atoms with E-state index >= 15 is 0 Å². The Labute approximate surface area is 142 Å². The molecule has 0 atom stereocenters. The fourth-order valence-electron chi connectivity index (χ4n) is 3.55. The highest BCUT2D eigenvalue weighted by Gasteiger charge is 2.15. The Bertz CT molecular complexity index is 615. The lowest BCUT2D eigenvalue weighted by molar-refractivity contribution is 0.577. The summed E-state index contributed by atoms with van der Waals surface area (Å²) in [6.07, 6.45) is 10.4. The van der Waals surface area contributed by atoms with Crippen LogP contribution in [-0.4, -0.2) is 19.4 Å². The third-order valence-electron chi connectivity index (χ3n) is 5.27. The number of benzene rings is 1. The van der Waals surface area contributed by atoms with Crippen LogP contribution in [0.4, 0.5) is 0 Å². The summed E-state index contributed by atoms with van der Waals surface area (Å²) in [5.74, 6) is 0.356. The minimum atomic E-state index is -2.85. The van der Waals surface area contributed by atoms with Gasteiger partial charge in [-0.1, -0.05) is 31.4 Å². The van der Waals surface area contributed by atoms with Crippen LogP contribution in [0.5, 0.6) is 0 Å². The van der Waals surface area contributed by atoms with Gasteiger partial charge in [-0.25, -0.2) is 8.42 Å². The molecule has 0 heterocycles. The van der Waals surface area contributed by atoms with Crippen molar-refractivity contribution in [2.45, 2.75) is 83.8 Å². The van der Waals surface area contributed by atoms with E-state index in [-0.39, 0.29) is 5.25 Å². The van der Waals surface area contributed by atoms with Gasteiger partial charge in [-0.15, -0.1) is 0 Å². The fraction of sp³-hybridized carbons (Fsp3) is 0.700. The molecule has 0 unspecified atom stereocenters. The highest BCUT2D eigenvalue weighted by Crippen LogP contribution is 2.28. The maximum Gasteiger partial charge on any atom is 0.152 e. The molecule has 0 aliphatic heterocycles. The quantitative estimate of drug-likeness (QED) is 0.607. The predicted molar refractivity (Wildman–Crippen MR) is 98.9 cm³/mol. The van der Waals surface area contributed by atoms with Gasteiger partial charge in [0.1, 0.15) is 0 Å². The minimum Gasteiger partial charge on any atom is -0.229 e. The fourth-order valence-corrected chi connectivity index (χ4v) is 4.63. The standard InChI is InChI=1S/C20H32O2S/c1-16(2)23(21,22)15-8-6-4-5-7-10-18-13-14-19-11-9-12-20(19)17(18)3/h13-14,16H,4-12,15H2,1-3H3. The molecule has 2 rings (SSSR count). The maximum absolute atomic E-state index is 11.7. The van der Waals surface area contributed by atoms with E-state index < -0.39 is 9.84 Å². The van der Waals surface area contributed by atoms with Crippen molar-refractivity contribution < 1.29 is 8.42 Å². The van der Waals surface area contributed by atoms with E-state index in [9.17, 15) is 8.42 Å². The number of fused-ring (bicyclic) bond motifs is 1. The van der Waals surface area contributed by atoms with Crippen molar-refractivity contribution in [3.63, 3.8) is 0 Å². The third-order valence-corrected chi connectivity index (χ3v) is 7.57. The molecule has 0 spiro atoms. The zero-order valence-electron chi connectivity index (χ0n) is 15.0. The number of sulfone groups is 1. The first-order valence-corrected chi connectivity index (χ1v) is 10.9. The van der Waals surface area contributed by atoms with Gasteiger partial charge in [0.05, 0.1) is 11.0 Å². The first-order valence-electron chi connectivity index (χ1n) is 9.23. The van der Waals surface area contributed by atoms with Crippen molar-refractivity contribution in [1.29, 1.82) is 0 Å². The van der Waals surface area contributed by atoms with E-state index in [1.165, 1.54) is 49.7 Å². The van der Waals surface area contributed by atoms with Crippen molar-refractivity contribution in [2.75, 3.05) is 5.75 Å². The highest BCUT2D eigenvalue weighted by atomic mass is 32.2. The van der Waals surface area contributed by atoms with Crippen molar-refractivity contribution >= 4 is 9.84 Å². The van der Waals surface area contributed by atoms with E-state index in [2.05, 4.69) is 19.1 Å². The molecule has 1 aliphatic rings. The van der Waals surface area contributed by atoms with Crippen molar-refractivity contribution in [3.05, 3.63) is 34.4 Å². The number of hydrogen-bond donors (Lipinski definition) is 0. The molecule has 1 aliphatic carbocycles. The zero-order valence-corrected chi connectivity index (χ0v) is 15.8. The average molecular weight is 337 g/mol. The second kappa shape index (κ2) is 8.32. The van der Waals surface area contributed by atoms with Gasteiger partial charge < -0.3 is 0 Å². The number of rotatable bonds is 9. The van der Waals surface area contributed by atoms with Crippen LogP contribution < -0.4 is 0 Å². The Hall–Kier alpha value is -0.830. The number of hydrogen-bond acceptors (Lipinski definition) is 2. The summed E-state index contributed by atoms with van der Waals surface area (Å²) < 4.78 is 23.5. The van der Waals surface area contributed by atoms with Crippen LogP contribution in [0.2, 0.25) is 0 Å².